The molecule has 4 nitrogen and oxygen atoms in total. The van der Waals surface area contributed by atoms with Gasteiger partial charge in [0.25, 0.3) is 0 Å². The van der Waals surface area contributed by atoms with Gasteiger partial charge in [-0.25, -0.2) is 0 Å². The molecule has 1 aromatic rings. The molecule has 18 heavy (non-hydrogen) atoms. The average molecular weight is 251 g/mol. The molecular weight excluding hydrogens is 226 g/mol. The monoisotopic (exact) mass is 251 g/mol. The lowest BCUT2D eigenvalue weighted by Crippen LogP contribution is -2.35. The molecule has 4 heteroatoms. The molecule has 0 fully saturated rings. The Balaban J connectivity index is 2.46. The number of aromatic nitrogens is 1. The van der Waals surface area contributed by atoms with Crippen LogP contribution in [-0.4, -0.2) is 23.1 Å². The van der Waals surface area contributed by atoms with E-state index < -0.39 is 0 Å². The first-order chi connectivity index (χ1) is 8.67. The van der Waals surface area contributed by atoms with Crippen molar-refractivity contribution < 1.29 is 4.79 Å². The maximum absolute atomic E-state index is 11.9. The zero-order valence-corrected chi connectivity index (χ0v) is 11.7. The maximum atomic E-state index is 11.9. The van der Waals surface area contributed by atoms with Gasteiger partial charge >= 0.3 is 0 Å². The summed E-state index contributed by atoms with van der Waals surface area (Å²) >= 11 is 0. The second-order valence-corrected chi connectivity index (χ2v) is 4.66. The first-order valence-corrected chi connectivity index (χ1v) is 6.81. The fraction of sp³-hybridized carbons (Fsp3) is 0.643. The summed E-state index contributed by atoms with van der Waals surface area (Å²) in [5.74, 6) is 0.0879. The van der Waals surface area contributed by atoms with E-state index >= 15 is 0 Å². The first-order valence-electron chi connectivity index (χ1n) is 6.81. The lowest BCUT2D eigenvalue weighted by molar-refractivity contribution is -0.122. The van der Waals surface area contributed by atoms with Crippen molar-refractivity contribution in [3.05, 3.63) is 24.0 Å². The molecule has 0 saturated heterocycles. The van der Waals surface area contributed by atoms with Crippen LogP contribution in [0.5, 0.6) is 0 Å². The summed E-state index contributed by atoms with van der Waals surface area (Å²) in [6.45, 7) is 8.40. The summed E-state index contributed by atoms with van der Waals surface area (Å²) in [5, 5.41) is 6.30. The third-order valence-corrected chi connectivity index (χ3v) is 2.92. The number of carbonyl (C=O) groups excluding carboxylic acids is 1. The summed E-state index contributed by atoms with van der Waals surface area (Å²) in [4.78, 5) is 11.9. The van der Waals surface area contributed by atoms with Crippen LogP contribution in [0.15, 0.2) is 18.3 Å². The zero-order chi connectivity index (χ0) is 13.4. The quantitative estimate of drug-likeness (QED) is 0.741. The van der Waals surface area contributed by atoms with Crippen LogP contribution in [-0.2, 0) is 17.9 Å². The molecule has 2 N–H and O–H groups in total. The molecule has 1 atom stereocenters. The molecule has 0 radical (unpaired) electrons. The van der Waals surface area contributed by atoms with Gasteiger partial charge in [0.2, 0.25) is 5.91 Å². The van der Waals surface area contributed by atoms with Crippen molar-refractivity contribution in [1.82, 2.24) is 15.2 Å². The summed E-state index contributed by atoms with van der Waals surface area (Å²) in [5.41, 5.74) is 1.15. The second-order valence-electron chi connectivity index (χ2n) is 4.66. The molecule has 0 saturated carbocycles. The number of nitrogens with one attached hydrogen (secondary N) is 2. The van der Waals surface area contributed by atoms with Crippen LogP contribution in [0.4, 0.5) is 0 Å². The Morgan fingerprint density at radius 1 is 1.44 bits per heavy atom. The number of amides is 1. The van der Waals surface area contributed by atoms with E-state index in [1.54, 1.807) is 0 Å². The van der Waals surface area contributed by atoms with Crippen LogP contribution >= 0.6 is 0 Å². The van der Waals surface area contributed by atoms with E-state index in [4.69, 9.17) is 0 Å². The van der Waals surface area contributed by atoms with E-state index in [2.05, 4.69) is 31.4 Å². The molecule has 1 rings (SSSR count). The van der Waals surface area contributed by atoms with Crippen molar-refractivity contribution in [3.63, 3.8) is 0 Å². The number of carbonyl (C=O) groups is 1. The third-order valence-electron chi connectivity index (χ3n) is 2.92. The summed E-state index contributed by atoms with van der Waals surface area (Å²) in [7, 11) is 0. The van der Waals surface area contributed by atoms with E-state index in [1.807, 2.05) is 22.9 Å². The van der Waals surface area contributed by atoms with Crippen LogP contribution in [0.1, 0.15) is 39.3 Å². The van der Waals surface area contributed by atoms with Gasteiger partial charge in [-0.05, 0) is 32.0 Å². The van der Waals surface area contributed by atoms with Crippen molar-refractivity contribution in [2.75, 3.05) is 6.54 Å². The molecule has 0 bridgehead atoms. The van der Waals surface area contributed by atoms with Crippen LogP contribution in [0, 0.1) is 0 Å². The number of rotatable bonds is 8. The predicted octanol–water partition coefficient (Wildman–Crippen LogP) is 1.90. The van der Waals surface area contributed by atoms with Gasteiger partial charge in [0.15, 0.2) is 0 Å². The van der Waals surface area contributed by atoms with Gasteiger partial charge in [-0.2, -0.15) is 0 Å². The lowest BCUT2D eigenvalue weighted by Gasteiger charge is -2.14. The zero-order valence-electron chi connectivity index (χ0n) is 11.7. The Morgan fingerprint density at radius 2 is 2.22 bits per heavy atom. The highest BCUT2D eigenvalue weighted by Gasteiger charge is 2.08. The maximum Gasteiger partial charge on any atom is 0.240 e. The van der Waals surface area contributed by atoms with E-state index in [0.29, 0.717) is 6.54 Å². The molecule has 0 aromatic carbocycles. The average Bonchev–Trinajstić information content (AvgIpc) is 2.73. The Bertz CT molecular complexity index is 360. The van der Waals surface area contributed by atoms with Crippen LogP contribution < -0.4 is 10.6 Å². The molecule has 0 aliphatic heterocycles. The highest BCUT2D eigenvalue weighted by molar-refractivity contribution is 5.76. The van der Waals surface area contributed by atoms with Gasteiger partial charge in [-0.1, -0.05) is 20.3 Å². The second kappa shape index (κ2) is 7.93. The Kier molecular flexibility index (Phi) is 6.50. The minimum Gasteiger partial charge on any atom is -0.352 e. The number of nitrogens with zero attached hydrogens (tertiary/aromatic N) is 1. The lowest BCUT2D eigenvalue weighted by atomic mass is 10.2. The number of hydrogen-bond acceptors (Lipinski definition) is 2. The van der Waals surface area contributed by atoms with Crippen LogP contribution in [0.25, 0.3) is 0 Å². The number of hydrogen-bond donors (Lipinski definition) is 2. The highest BCUT2D eigenvalue weighted by Crippen LogP contribution is 2.02. The fourth-order valence-electron chi connectivity index (χ4n) is 2.00. The fourth-order valence-corrected chi connectivity index (χ4v) is 2.00. The summed E-state index contributed by atoms with van der Waals surface area (Å²) < 4.78 is 2.00. The van der Waals surface area contributed by atoms with Crippen molar-refractivity contribution in [1.29, 1.82) is 0 Å². The molecule has 102 valence electrons. The Hall–Kier alpha value is -1.29. The molecule has 0 aliphatic carbocycles. The highest BCUT2D eigenvalue weighted by atomic mass is 16.2. The van der Waals surface area contributed by atoms with E-state index in [0.717, 1.165) is 31.6 Å². The molecule has 1 amide bonds. The normalized spacial score (nSPS) is 12.4. The molecule has 1 unspecified atom stereocenters. The van der Waals surface area contributed by atoms with Gasteiger partial charge in [0, 0.05) is 24.5 Å². The minimum atomic E-state index is 0.0879. The first kappa shape index (κ1) is 14.8. The van der Waals surface area contributed by atoms with Crippen molar-refractivity contribution in [2.45, 2.75) is 52.7 Å². The van der Waals surface area contributed by atoms with Gasteiger partial charge < -0.3 is 15.2 Å². The summed E-state index contributed by atoms with van der Waals surface area (Å²) in [6.07, 6.45) is 4.08. The Morgan fingerprint density at radius 3 is 2.89 bits per heavy atom. The smallest absolute Gasteiger partial charge is 0.240 e. The standard InChI is InChI=1S/C14H25N3O/c1-4-7-12(3)16-14(18)11-17-9-6-8-13(17)10-15-5-2/h6,8-9,12,15H,4-5,7,10-11H2,1-3H3,(H,16,18). The van der Waals surface area contributed by atoms with Gasteiger partial charge in [-0.15, -0.1) is 0 Å². The summed E-state index contributed by atoms with van der Waals surface area (Å²) in [6, 6.07) is 4.29. The molecule has 0 aliphatic rings. The minimum absolute atomic E-state index is 0.0879. The van der Waals surface area contributed by atoms with Gasteiger partial charge in [0.05, 0.1) is 0 Å². The topological polar surface area (TPSA) is 46.1 Å². The molecule has 1 aromatic heterocycles. The molecular formula is C14H25N3O. The Labute approximate surface area is 110 Å². The van der Waals surface area contributed by atoms with Crippen LogP contribution in [0.2, 0.25) is 0 Å². The van der Waals surface area contributed by atoms with E-state index in [9.17, 15) is 4.79 Å². The third kappa shape index (κ3) is 4.92. The van der Waals surface area contributed by atoms with Gasteiger partial charge in [-0.3, -0.25) is 4.79 Å². The van der Waals surface area contributed by atoms with E-state index in [-0.39, 0.29) is 11.9 Å². The van der Waals surface area contributed by atoms with Gasteiger partial charge in [0.1, 0.15) is 6.54 Å². The van der Waals surface area contributed by atoms with Crippen molar-refractivity contribution in [2.24, 2.45) is 0 Å². The molecule has 1 heterocycles. The van der Waals surface area contributed by atoms with Crippen LogP contribution in [0.3, 0.4) is 0 Å². The molecule has 0 spiro atoms. The van der Waals surface area contributed by atoms with Crippen molar-refractivity contribution in [3.8, 4) is 0 Å². The van der Waals surface area contributed by atoms with E-state index in [1.165, 1.54) is 0 Å². The largest absolute Gasteiger partial charge is 0.352 e. The van der Waals surface area contributed by atoms with Crippen molar-refractivity contribution >= 4 is 5.91 Å². The predicted molar refractivity (Wildman–Crippen MR) is 74.3 cm³/mol. The SMILES string of the molecule is CCCC(C)NC(=O)Cn1cccc1CNCC.